The standard InChI is InChI=1S/C5H5ClN/c6-5-2-1-3-7-4-5/h1-2,7H,4H2. The molecule has 1 aliphatic rings. The number of nitrogens with one attached hydrogen (secondary N) is 1. The molecule has 0 saturated carbocycles. The number of halogens is 1. The molecule has 0 spiro atoms. The largest absolute Gasteiger partial charge is 0.378 e. The van der Waals surface area contributed by atoms with Gasteiger partial charge in [0.05, 0.1) is 12.7 Å². The third kappa shape index (κ3) is 1.24. The predicted octanol–water partition coefficient (Wildman–Crippen LogP) is 1.03. The van der Waals surface area contributed by atoms with Crippen molar-refractivity contribution in [3.63, 3.8) is 0 Å². The van der Waals surface area contributed by atoms with Crippen LogP contribution in [0.2, 0.25) is 0 Å². The Hall–Kier alpha value is -0.430. The maximum absolute atomic E-state index is 5.54. The van der Waals surface area contributed by atoms with Gasteiger partial charge in [0.1, 0.15) is 0 Å². The molecule has 1 aliphatic heterocycles. The highest BCUT2D eigenvalue weighted by Gasteiger charge is 1.89. The van der Waals surface area contributed by atoms with Gasteiger partial charge in [0, 0.05) is 5.03 Å². The lowest BCUT2D eigenvalue weighted by atomic mass is 10.4. The molecule has 7 heavy (non-hydrogen) atoms. The zero-order valence-electron chi connectivity index (χ0n) is 3.74. The van der Waals surface area contributed by atoms with Gasteiger partial charge in [-0.1, -0.05) is 11.6 Å². The van der Waals surface area contributed by atoms with E-state index in [2.05, 4.69) is 11.5 Å². The zero-order chi connectivity index (χ0) is 5.11. The molecule has 0 aromatic rings. The van der Waals surface area contributed by atoms with Gasteiger partial charge in [-0.05, 0) is 12.2 Å². The number of hydrogen-bond donors (Lipinski definition) is 1. The fraction of sp³-hybridized carbons (Fsp3) is 0.200. The minimum absolute atomic E-state index is 0.720. The Balaban J connectivity index is 2.57. The van der Waals surface area contributed by atoms with Crippen LogP contribution in [-0.2, 0) is 0 Å². The molecule has 37 valence electrons. The summed E-state index contributed by atoms with van der Waals surface area (Å²) in [6.45, 7) is 0.720. The van der Waals surface area contributed by atoms with Crippen molar-refractivity contribution in [2.24, 2.45) is 0 Å². The van der Waals surface area contributed by atoms with Gasteiger partial charge in [0.15, 0.2) is 0 Å². The van der Waals surface area contributed by atoms with Gasteiger partial charge in [0.25, 0.3) is 0 Å². The first-order chi connectivity index (χ1) is 3.39. The van der Waals surface area contributed by atoms with E-state index in [1.807, 2.05) is 6.08 Å². The van der Waals surface area contributed by atoms with Gasteiger partial charge in [-0.2, -0.15) is 0 Å². The lowest BCUT2D eigenvalue weighted by Crippen LogP contribution is -2.09. The molecule has 1 nitrogen and oxygen atoms in total. The smallest absolute Gasteiger partial charge is 0.0579 e. The van der Waals surface area contributed by atoms with Crippen LogP contribution in [0.5, 0.6) is 0 Å². The molecule has 1 radical (unpaired) electrons. The van der Waals surface area contributed by atoms with E-state index in [0.717, 1.165) is 11.6 Å². The molecular formula is C5H5ClN. The minimum atomic E-state index is 0.720. The quantitative estimate of drug-likeness (QED) is 0.496. The summed E-state index contributed by atoms with van der Waals surface area (Å²) >= 11 is 5.54. The molecule has 0 saturated heterocycles. The van der Waals surface area contributed by atoms with Crippen LogP contribution in [-0.4, -0.2) is 6.54 Å². The molecule has 0 bridgehead atoms. The van der Waals surface area contributed by atoms with Crippen molar-refractivity contribution in [3.8, 4) is 0 Å². The fourth-order valence-electron chi connectivity index (χ4n) is 0.385. The molecular weight excluding hydrogens is 110 g/mol. The molecule has 1 rings (SSSR count). The number of dihydropyridines is 1. The van der Waals surface area contributed by atoms with Crippen LogP contribution in [0.4, 0.5) is 0 Å². The topological polar surface area (TPSA) is 12.0 Å². The average Bonchev–Trinajstić information content (AvgIpc) is 1.69. The molecule has 0 fully saturated rings. The molecule has 1 N–H and O–H groups in total. The summed E-state index contributed by atoms with van der Waals surface area (Å²) in [5, 5.41) is 3.66. The molecule has 0 amide bonds. The van der Waals surface area contributed by atoms with Gasteiger partial charge < -0.3 is 5.32 Å². The van der Waals surface area contributed by atoms with E-state index in [4.69, 9.17) is 11.6 Å². The number of hydrogen-bond acceptors (Lipinski definition) is 1. The van der Waals surface area contributed by atoms with Crippen molar-refractivity contribution in [2.45, 2.75) is 0 Å². The number of allylic oxidation sites excluding steroid dienone is 2. The third-order valence-electron chi connectivity index (χ3n) is 0.707. The van der Waals surface area contributed by atoms with Crippen LogP contribution in [0.3, 0.4) is 0 Å². The Morgan fingerprint density at radius 3 is 3.00 bits per heavy atom. The van der Waals surface area contributed by atoms with Crippen molar-refractivity contribution < 1.29 is 0 Å². The first-order valence-electron chi connectivity index (χ1n) is 2.06. The Kier molecular flexibility index (Phi) is 1.37. The first-order valence-corrected chi connectivity index (χ1v) is 2.43. The average molecular weight is 115 g/mol. The van der Waals surface area contributed by atoms with Crippen molar-refractivity contribution in [1.29, 1.82) is 0 Å². The van der Waals surface area contributed by atoms with Gasteiger partial charge in [0.2, 0.25) is 0 Å². The highest BCUT2D eigenvalue weighted by Crippen LogP contribution is 2.00. The Labute approximate surface area is 47.7 Å². The lowest BCUT2D eigenvalue weighted by Gasteiger charge is -1.99. The van der Waals surface area contributed by atoms with Crippen LogP contribution in [0.15, 0.2) is 17.2 Å². The molecule has 2 heteroatoms. The fourth-order valence-corrected chi connectivity index (χ4v) is 0.515. The molecule has 0 unspecified atom stereocenters. The van der Waals surface area contributed by atoms with Crippen molar-refractivity contribution in [1.82, 2.24) is 5.32 Å². The Morgan fingerprint density at radius 2 is 2.71 bits per heavy atom. The van der Waals surface area contributed by atoms with E-state index in [1.54, 1.807) is 6.08 Å². The summed E-state index contributed by atoms with van der Waals surface area (Å²) in [6, 6.07) is 0. The van der Waals surface area contributed by atoms with Crippen molar-refractivity contribution in [2.75, 3.05) is 6.54 Å². The van der Waals surface area contributed by atoms with E-state index in [0.29, 0.717) is 0 Å². The monoisotopic (exact) mass is 114 g/mol. The van der Waals surface area contributed by atoms with Gasteiger partial charge in [-0.15, -0.1) is 0 Å². The molecule has 0 aromatic carbocycles. The minimum Gasteiger partial charge on any atom is -0.378 e. The van der Waals surface area contributed by atoms with Crippen molar-refractivity contribution >= 4 is 11.6 Å². The third-order valence-corrected chi connectivity index (χ3v) is 0.966. The molecule has 0 aliphatic carbocycles. The van der Waals surface area contributed by atoms with Gasteiger partial charge in [-0.3, -0.25) is 0 Å². The van der Waals surface area contributed by atoms with Crippen LogP contribution in [0, 0.1) is 6.20 Å². The molecule has 1 heterocycles. The summed E-state index contributed by atoms with van der Waals surface area (Å²) in [6.07, 6.45) is 6.35. The normalized spacial score (nSPS) is 18.1. The maximum Gasteiger partial charge on any atom is 0.0579 e. The summed E-state index contributed by atoms with van der Waals surface area (Å²) < 4.78 is 0. The van der Waals surface area contributed by atoms with E-state index >= 15 is 0 Å². The molecule has 0 aromatic heterocycles. The maximum atomic E-state index is 5.54. The second kappa shape index (κ2) is 2.03. The first kappa shape index (κ1) is 4.72. The van der Waals surface area contributed by atoms with Crippen LogP contribution in [0.25, 0.3) is 0 Å². The van der Waals surface area contributed by atoms with E-state index in [9.17, 15) is 0 Å². The highest BCUT2D eigenvalue weighted by molar-refractivity contribution is 6.30. The van der Waals surface area contributed by atoms with Crippen LogP contribution < -0.4 is 5.32 Å². The van der Waals surface area contributed by atoms with E-state index < -0.39 is 0 Å². The van der Waals surface area contributed by atoms with E-state index in [-0.39, 0.29) is 0 Å². The predicted molar refractivity (Wildman–Crippen MR) is 29.8 cm³/mol. The van der Waals surface area contributed by atoms with Crippen LogP contribution in [0.1, 0.15) is 0 Å². The second-order valence-electron chi connectivity index (χ2n) is 1.28. The lowest BCUT2D eigenvalue weighted by molar-refractivity contribution is 0.929. The zero-order valence-corrected chi connectivity index (χ0v) is 4.50. The summed E-state index contributed by atoms with van der Waals surface area (Å²) in [4.78, 5) is 0. The highest BCUT2D eigenvalue weighted by atomic mass is 35.5. The van der Waals surface area contributed by atoms with Gasteiger partial charge in [-0.25, -0.2) is 0 Å². The summed E-state index contributed by atoms with van der Waals surface area (Å²) in [7, 11) is 0. The van der Waals surface area contributed by atoms with Crippen LogP contribution >= 0.6 is 11.6 Å². The van der Waals surface area contributed by atoms with Crippen molar-refractivity contribution in [3.05, 3.63) is 23.4 Å². The Morgan fingerprint density at radius 1 is 1.86 bits per heavy atom. The number of rotatable bonds is 0. The second-order valence-corrected chi connectivity index (χ2v) is 1.76. The van der Waals surface area contributed by atoms with Gasteiger partial charge >= 0.3 is 0 Å². The summed E-state index contributed by atoms with van der Waals surface area (Å²) in [5.41, 5.74) is 0. The summed E-state index contributed by atoms with van der Waals surface area (Å²) in [5.74, 6) is 0. The SMILES string of the molecule is ClC1=CC=[C]NC1. The Bertz CT molecular complexity index is 115. The molecule has 0 atom stereocenters. The van der Waals surface area contributed by atoms with E-state index in [1.165, 1.54) is 0 Å².